The van der Waals surface area contributed by atoms with Crippen molar-refractivity contribution in [3.05, 3.63) is 94.5 Å². The average molecular weight is 583 g/mol. The number of ether oxygens (including phenoxy) is 1. The van der Waals surface area contributed by atoms with E-state index in [1.54, 1.807) is 30.1 Å². The van der Waals surface area contributed by atoms with Crippen LogP contribution in [0, 0.1) is 0 Å². The third-order valence-electron chi connectivity index (χ3n) is 8.18. The Morgan fingerprint density at radius 3 is 2.28 bits per heavy atom. The van der Waals surface area contributed by atoms with Gasteiger partial charge in [0.05, 0.1) is 24.9 Å². The highest BCUT2D eigenvalue weighted by Gasteiger charge is 2.30. The molecule has 5 rings (SSSR count). The highest BCUT2D eigenvalue weighted by atomic mass is 16.5. The van der Waals surface area contributed by atoms with Gasteiger partial charge in [0, 0.05) is 63.2 Å². The van der Waals surface area contributed by atoms with Crippen molar-refractivity contribution in [3.8, 4) is 0 Å². The fourth-order valence-electron chi connectivity index (χ4n) is 5.50. The lowest BCUT2D eigenvalue weighted by Crippen LogP contribution is -2.48. The average Bonchev–Trinajstić information content (AvgIpc) is 3.35. The van der Waals surface area contributed by atoms with Crippen LogP contribution in [0.3, 0.4) is 0 Å². The summed E-state index contributed by atoms with van der Waals surface area (Å²) in [5.41, 5.74) is 6.33. The summed E-state index contributed by atoms with van der Waals surface area (Å²) in [5.74, 6) is -0.485. The number of ketones is 1. The summed E-state index contributed by atoms with van der Waals surface area (Å²) >= 11 is 0. The lowest BCUT2D eigenvalue weighted by molar-refractivity contribution is -0.119. The molecule has 1 heterocycles. The monoisotopic (exact) mass is 582 g/mol. The predicted molar refractivity (Wildman–Crippen MR) is 168 cm³/mol. The van der Waals surface area contributed by atoms with E-state index in [2.05, 4.69) is 22.2 Å². The van der Waals surface area contributed by atoms with Crippen molar-refractivity contribution in [2.75, 3.05) is 70.8 Å². The Labute approximate surface area is 252 Å². The number of hydrogen-bond donors (Lipinski definition) is 2. The molecule has 1 aliphatic heterocycles. The number of allylic oxidation sites excluding steroid dienone is 1. The maximum Gasteiger partial charge on any atom is 0.337 e. The van der Waals surface area contributed by atoms with Crippen LogP contribution in [0.5, 0.6) is 0 Å². The van der Waals surface area contributed by atoms with Crippen LogP contribution in [0.2, 0.25) is 0 Å². The third kappa shape index (κ3) is 6.85. The molecule has 0 bridgehead atoms. The molecule has 3 aromatic carbocycles. The number of carbonyl (C=O) groups excluding carboxylic acids is 3. The Kier molecular flexibility index (Phi) is 9.35. The Morgan fingerprint density at radius 2 is 1.63 bits per heavy atom. The molecule has 224 valence electrons. The summed E-state index contributed by atoms with van der Waals surface area (Å²) in [7, 11) is 5.21. The van der Waals surface area contributed by atoms with Crippen LogP contribution in [0.25, 0.3) is 11.3 Å². The molecule has 0 unspecified atom stereocenters. The molecule has 3 aromatic rings. The Bertz CT molecular complexity index is 1520. The SMILES string of the molecule is COC(=O)c1ccc2c(c1)/C(=C(/Nc1ccc(N(C)C(=O)CN3CCN(C)CC3)cc1)c1ccc(CCO)cc1)C(=O)C2. The van der Waals surface area contributed by atoms with E-state index >= 15 is 0 Å². The summed E-state index contributed by atoms with van der Waals surface area (Å²) in [6.45, 7) is 4.08. The topological polar surface area (TPSA) is 102 Å². The van der Waals surface area contributed by atoms with Gasteiger partial charge >= 0.3 is 5.97 Å². The molecule has 1 aliphatic carbocycles. The minimum atomic E-state index is -0.466. The first kappa shape index (κ1) is 30.2. The van der Waals surface area contributed by atoms with Gasteiger partial charge in [-0.2, -0.15) is 0 Å². The zero-order valence-electron chi connectivity index (χ0n) is 24.9. The number of methoxy groups -OCH3 is 1. The Morgan fingerprint density at radius 1 is 0.953 bits per heavy atom. The number of Topliss-reactive ketones (excluding diaryl/α,β-unsaturated/α-hetero) is 1. The van der Waals surface area contributed by atoms with Crippen molar-refractivity contribution in [1.82, 2.24) is 9.80 Å². The summed E-state index contributed by atoms with van der Waals surface area (Å²) in [5, 5.41) is 12.8. The molecule has 9 heteroatoms. The minimum absolute atomic E-state index is 0.0330. The molecule has 9 nitrogen and oxygen atoms in total. The van der Waals surface area contributed by atoms with Crippen LogP contribution in [-0.2, 0) is 27.2 Å². The normalized spacial score (nSPS) is 16.5. The molecule has 2 N–H and O–H groups in total. The molecule has 0 radical (unpaired) electrons. The van der Waals surface area contributed by atoms with Gasteiger partial charge in [0.15, 0.2) is 5.78 Å². The second kappa shape index (κ2) is 13.3. The number of nitrogens with zero attached hydrogens (tertiary/aromatic N) is 3. The van der Waals surface area contributed by atoms with Crippen molar-refractivity contribution >= 4 is 40.3 Å². The van der Waals surface area contributed by atoms with Gasteiger partial charge in [-0.05, 0) is 72.1 Å². The van der Waals surface area contributed by atoms with Gasteiger partial charge in [0.1, 0.15) is 0 Å². The van der Waals surface area contributed by atoms with Crippen LogP contribution in [0.1, 0.15) is 32.6 Å². The van der Waals surface area contributed by atoms with Gasteiger partial charge in [-0.3, -0.25) is 14.5 Å². The number of hydrogen-bond acceptors (Lipinski definition) is 8. The Balaban J connectivity index is 1.44. The largest absolute Gasteiger partial charge is 0.465 e. The molecule has 1 saturated heterocycles. The number of benzene rings is 3. The second-order valence-electron chi connectivity index (χ2n) is 11.1. The zero-order valence-corrected chi connectivity index (χ0v) is 24.9. The first-order valence-corrected chi connectivity index (χ1v) is 14.5. The van der Waals surface area contributed by atoms with Gasteiger partial charge in [0.25, 0.3) is 0 Å². The summed E-state index contributed by atoms with van der Waals surface area (Å²) in [6.07, 6.45) is 0.769. The van der Waals surface area contributed by atoms with Crippen LogP contribution < -0.4 is 10.2 Å². The number of aliphatic hydroxyl groups excluding tert-OH is 1. The minimum Gasteiger partial charge on any atom is -0.465 e. The van der Waals surface area contributed by atoms with Gasteiger partial charge < -0.3 is 25.0 Å². The summed E-state index contributed by atoms with van der Waals surface area (Å²) < 4.78 is 4.92. The van der Waals surface area contributed by atoms with E-state index < -0.39 is 5.97 Å². The van der Waals surface area contributed by atoms with E-state index in [1.807, 2.05) is 48.5 Å². The van der Waals surface area contributed by atoms with Gasteiger partial charge in [0.2, 0.25) is 5.91 Å². The van der Waals surface area contributed by atoms with Crippen molar-refractivity contribution in [3.63, 3.8) is 0 Å². The zero-order chi connectivity index (χ0) is 30.5. The fraction of sp³-hybridized carbons (Fsp3) is 0.324. The van der Waals surface area contributed by atoms with E-state index in [-0.39, 0.29) is 24.7 Å². The smallest absolute Gasteiger partial charge is 0.337 e. The van der Waals surface area contributed by atoms with Crippen molar-refractivity contribution in [2.24, 2.45) is 0 Å². The van der Waals surface area contributed by atoms with Gasteiger partial charge in [-0.25, -0.2) is 4.79 Å². The number of anilines is 2. The molecule has 0 atom stereocenters. The van der Waals surface area contributed by atoms with E-state index in [0.29, 0.717) is 35.4 Å². The van der Waals surface area contributed by atoms with Crippen molar-refractivity contribution in [2.45, 2.75) is 12.8 Å². The number of rotatable bonds is 9. The second-order valence-corrected chi connectivity index (χ2v) is 11.1. The van der Waals surface area contributed by atoms with Crippen molar-refractivity contribution in [1.29, 1.82) is 0 Å². The summed E-state index contributed by atoms with van der Waals surface area (Å²) in [6, 6.07) is 20.5. The first-order valence-electron chi connectivity index (χ1n) is 14.5. The molecule has 2 aliphatic rings. The van der Waals surface area contributed by atoms with Crippen LogP contribution >= 0.6 is 0 Å². The molecule has 0 spiro atoms. The number of nitrogens with one attached hydrogen (secondary N) is 1. The highest BCUT2D eigenvalue weighted by Crippen LogP contribution is 2.37. The molecule has 0 aromatic heterocycles. The number of aliphatic hydroxyl groups is 1. The molecular formula is C34H38N4O5. The van der Waals surface area contributed by atoms with E-state index in [0.717, 1.165) is 54.2 Å². The number of esters is 1. The Hall–Kier alpha value is -4.31. The third-order valence-corrected chi connectivity index (χ3v) is 8.18. The van der Waals surface area contributed by atoms with Crippen LogP contribution in [-0.4, -0.2) is 93.1 Å². The van der Waals surface area contributed by atoms with Crippen LogP contribution in [0.4, 0.5) is 11.4 Å². The fourth-order valence-corrected chi connectivity index (χ4v) is 5.50. The summed E-state index contributed by atoms with van der Waals surface area (Å²) in [4.78, 5) is 44.9. The highest BCUT2D eigenvalue weighted by molar-refractivity contribution is 6.32. The number of carbonyl (C=O) groups is 3. The molecular weight excluding hydrogens is 544 g/mol. The van der Waals surface area contributed by atoms with E-state index in [4.69, 9.17) is 4.74 Å². The van der Waals surface area contributed by atoms with Crippen LogP contribution in [0.15, 0.2) is 66.7 Å². The predicted octanol–water partition coefficient (Wildman–Crippen LogP) is 3.32. The van der Waals surface area contributed by atoms with E-state index in [1.165, 1.54) is 7.11 Å². The standard InChI is InChI=1S/C34H38N4O5/c1-36-15-17-38(18-16-36)22-31(41)37(2)28-12-10-27(11-13-28)35-33(24-6-4-23(5-7-24)14-19-39)32-29-20-26(34(42)43-3)9-8-25(29)21-30(32)40/h4-13,20,35,39H,14-19,21-22H2,1-3H3/b33-32-. The number of likely N-dealkylation sites (N-methyl/N-ethyl adjacent to an activating group) is 2. The lowest BCUT2D eigenvalue weighted by Gasteiger charge is -2.32. The molecule has 0 saturated carbocycles. The maximum atomic E-state index is 13.5. The lowest BCUT2D eigenvalue weighted by atomic mass is 9.97. The van der Waals surface area contributed by atoms with Crippen molar-refractivity contribution < 1.29 is 24.2 Å². The van der Waals surface area contributed by atoms with Gasteiger partial charge in [-0.15, -0.1) is 0 Å². The maximum absolute atomic E-state index is 13.5. The van der Waals surface area contributed by atoms with Gasteiger partial charge in [-0.1, -0.05) is 30.3 Å². The molecule has 1 fully saturated rings. The first-order chi connectivity index (χ1) is 20.8. The number of piperazine rings is 1. The molecule has 43 heavy (non-hydrogen) atoms. The number of fused-ring (bicyclic) bond motifs is 1. The van der Waals surface area contributed by atoms with E-state index in [9.17, 15) is 19.5 Å². The molecule has 1 amide bonds. The quantitative estimate of drug-likeness (QED) is 0.293. The number of amides is 1.